The van der Waals surface area contributed by atoms with E-state index in [0.717, 1.165) is 38.3 Å². The molecule has 1 heterocycles. The highest BCUT2D eigenvalue weighted by molar-refractivity contribution is 7.91. The van der Waals surface area contributed by atoms with E-state index in [4.69, 9.17) is 0 Å². The molecule has 5 fully saturated rings. The number of nitrogens with zero attached hydrogens (tertiary/aromatic N) is 1. The fraction of sp³-hybridized carbons (Fsp3) is 0.857. The van der Waals surface area contributed by atoms with Gasteiger partial charge < -0.3 is 10.2 Å². The molecule has 1 aliphatic heterocycles. The van der Waals surface area contributed by atoms with Gasteiger partial charge >= 0.3 is 0 Å². The molecule has 6 heteroatoms. The van der Waals surface area contributed by atoms with Crippen molar-refractivity contribution in [2.45, 2.75) is 124 Å². The number of halogens is 1. The highest BCUT2D eigenvalue weighted by Gasteiger charge is 2.70. The van der Waals surface area contributed by atoms with E-state index in [9.17, 15) is 12.8 Å². The number of sulfone groups is 1. The maximum Gasteiger partial charge on any atom is 0.152 e. The van der Waals surface area contributed by atoms with Crippen molar-refractivity contribution in [3.63, 3.8) is 0 Å². The first-order chi connectivity index (χ1) is 22.6. The molecule has 10 atom stereocenters. The first-order valence-electron chi connectivity index (χ1n) is 19.9. The van der Waals surface area contributed by atoms with Crippen molar-refractivity contribution in [2.75, 3.05) is 44.4 Å². The third-order valence-corrected chi connectivity index (χ3v) is 18.7. The molecule has 1 saturated heterocycles. The molecule has 0 aromatic heterocycles. The lowest BCUT2D eigenvalue weighted by molar-refractivity contribution is -0.221. The number of hydrogen-bond donors (Lipinski definition) is 1. The van der Waals surface area contributed by atoms with Gasteiger partial charge in [-0.1, -0.05) is 58.9 Å². The summed E-state index contributed by atoms with van der Waals surface area (Å²) in [7, 11) is -2.85. The van der Waals surface area contributed by atoms with Crippen LogP contribution in [0, 0.1) is 57.2 Å². The monoisotopic (exact) mass is 682 g/mol. The lowest BCUT2D eigenvalue weighted by Crippen LogP contribution is -2.68. The van der Waals surface area contributed by atoms with Gasteiger partial charge in [-0.2, -0.15) is 0 Å². The molecular weight excluding hydrogens is 616 g/mol. The summed E-state index contributed by atoms with van der Waals surface area (Å²) in [5.41, 5.74) is 5.81. The number of allylic oxidation sites excluding steroid dienone is 5. The van der Waals surface area contributed by atoms with E-state index in [1.165, 1.54) is 68.9 Å². The molecule has 7 aliphatic rings. The van der Waals surface area contributed by atoms with Crippen molar-refractivity contribution in [1.29, 1.82) is 0 Å². The number of fused-ring (bicyclic) bond motifs is 7. The third kappa shape index (κ3) is 5.41. The summed E-state index contributed by atoms with van der Waals surface area (Å²) < 4.78 is 37.5. The second-order valence-electron chi connectivity index (χ2n) is 19.3. The van der Waals surface area contributed by atoms with Crippen LogP contribution in [0.1, 0.15) is 119 Å². The maximum absolute atomic E-state index is 13.4. The van der Waals surface area contributed by atoms with Gasteiger partial charge in [0.05, 0.1) is 18.2 Å². The molecule has 2 unspecified atom stereocenters. The van der Waals surface area contributed by atoms with Crippen LogP contribution < -0.4 is 5.32 Å². The maximum atomic E-state index is 13.4. The molecule has 1 N–H and O–H groups in total. The standard InChI is InChI=1S/C42H67FN2O2S/c1-29(2)32-14-19-42(44-22-23-45-24-26-48(46,47)27-25-45)21-20-40(6)34(37(32)42)12-13-36-39(5)17-15-33(31-10-8-30(28-43)9-11-31)38(3,4)35(39)16-18-41(36,40)7/h10,15,30,32,34-37,44H,1,8-9,11-14,16-28H2,2-7H3/t30-,32-,34+,35-,36?,37?,39-,40+,41+,42-/m0/s1. The average molecular weight is 683 g/mol. The van der Waals surface area contributed by atoms with Crippen molar-refractivity contribution in [2.24, 2.45) is 57.2 Å². The second kappa shape index (κ2) is 12.3. The van der Waals surface area contributed by atoms with Gasteiger partial charge in [0.2, 0.25) is 0 Å². The van der Waals surface area contributed by atoms with E-state index >= 15 is 0 Å². The predicted molar refractivity (Wildman–Crippen MR) is 197 cm³/mol. The average Bonchev–Trinajstić information content (AvgIpc) is 3.42. The summed E-state index contributed by atoms with van der Waals surface area (Å²) in [4.78, 5) is 2.36. The van der Waals surface area contributed by atoms with Gasteiger partial charge in [0, 0.05) is 31.7 Å². The zero-order valence-electron chi connectivity index (χ0n) is 31.3. The topological polar surface area (TPSA) is 49.4 Å². The van der Waals surface area contributed by atoms with Crippen molar-refractivity contribution in [3.8, 4) is 0 Å². The molecule has 6 aliphatic carbocycles. The van der Waals surface area contributed by atoms with Crippen LogP contribution in [0.3, 0.4) is 0 Å². The largest absolute Gasteiger partial charge is 0.310 e. The van der Waals surface area contributed by atoms with Crippen LogP contribution in [0.15, 0.2) is 35.5 Å². The van der Waals surface area contributed by atoms with Crippen LogP contribution in [-0.2, 0) is 9.84 Å². The molecule has 270 valence electrons. The van der Waals surface area contributed by atoms with Gasteiger partial charge in [-0.05, 0) is 152 Å². The zero-order chi connectivity index (χ0) is 34.3. The molecule has 0 spiro atoms. The smallest absolute Gasteiger partial charge is 0.152 e. The van der Waals surface area contributed by atoms with Crippen molar-refractivity contribution in [1.82, 2.24) is 10.2 Å². The van der Waals surface area contributed by atoms with Crippen LogP contribution in [0.5, 0.6) is 0 Å². The minimum absolute atomic E-state index is 0.154. The Balaban J connectivity index is 1.13. The molecule has 4 saturated carbocycles. The quantitative estimate of drug-likeness (QED) is 0.273. The predicted octanol–water partition coefficient (Wildman–Crippen LogP) is 8.95. The van der Waals surface area contributed by atoms with Gasteiger partial charge in [-0.25, -0.2) is 8.42 Å². The molecule has 0 amide bonds. The Labute approximate surface area is 293 Å². The summed E-state index contributed by atoms with van der Waals surface area (Å²) in [6.07, 6.45) is 19.7. The normalized spacial score (nSPS) is 46.7. The minimum atomic E-state index is -2.85. The lowest BCUT2D eigenvalue weighted by Gasteiger charge is -2.72. The fourth-order valence-electron chi connectivity index (χ4n) is 14.3. The first-order valence-corrected chi connectivity index (χ1v) is 21.7. The van der Waals surface area contributed by atoms with E-state index in [0.29, 0.717) is 64.5 Å². The minimum Gasteiger partial charge on any atom is -0.310 e. The summed E-state index contributed by atoms with van der Waals surface area (Å²) in [6, 6.07) is 0. The van der Waals surface area contributed by atoms with E-state index in [2.05, 4.69) is 70.5 Å². The first kappa shape index (κ1) is 35.4. The molecular formula is C42H67FN2O2S. The molecule has 0 aromatic rings. The fourth-order valence-corrected chi connectivity index (χ4v) is 15.6. The molecule has 48 heavy (non-hydrogen) atoms. The number of alkyl halides is 1. The Kier molecular flexibility index (Phi) is 9.09. The lowest BCUT2D eigenvalue weighted by atomic mass is 9.33. The molecule has 0 radical (unpaired) electrons. The van der Waals surface area contributed by atoms with E-state index < -0.39 is 9.84 Å². The summed E-state index contributed by atoms with van der Waals surface area (Å²) in [5.74, 6) is 4.21. The summed E-state index contributed by atoms with van der Waals surface area (Å²) in [5, 5.41) is 4.22. The highest BCUT2D eigenvalue weighted by Crippen LogP contribution is 2.76. The second-order valence-corrected chi connectivity index (χ2v) is 21.6. The zero-order valence-corrected chi connectivity index (χ0v) is 32.1. The summed E-state index contributed by atoms with van der Waals surface area (Å²) in [6.45, 7) is 23.3. The number of hydrogen-bond acceptors (Lipinski definition) is 4. The van der Waals surface area contributed by atoms with Gasteiger partial charge in [0.1, 0.15) is 0 Å². The number of rotatable bonds is 7. The Hall–Kier alpha value is -0.980. The van der Waals surface area contributed by atoms with Gasteiger partial charge in [0.25, 0.3) is 0 Å². The Morgan fingerprint density at radius 3 is 2.35 bits per heavy atom. The number of nitrogens with one attached hydrogen (secondary N) is 1. The van der Waals surface area contributed by atoms with Gasteiger partial charge in [-0.3, -0.25) is 4.39 Å². The molecule has 7 rings (SSSR count). The Morgan fingerprint density at radius 2 is 1.69 bits per heavy atom. The summed E-state index contributed by atoms with van der Waals surface area (Å²) >= 11 is 0. The SMILES string of the molecule is C=C(C)[C@@H]1CC[C@]2(NCCN3CCS(=O)(=O)CC3)CC[C@]3(C)[C@H](CCC4[C@@]5(C)CC=C(C6=CC[C@H](CF)CC6)C(C)(C)[C@@H]5CC[C@]43C)C12. The van der Waals surface area contributed by atoms with Crippen LogP contribution in [-0.4, -0.2) is 63.2 Å². The van der Waals surface area contributed by atoms with Gasteiger partial charge in [0.15, 0.2) is 9.84 Å². The van der Waals surface area contributed by atoms with Crippen LogP contribution in [0.4, 0.5) is 4.39 Å². The Bertz CT molecular complexity index is 1440. The molecule has 0 aromatic carbocycles. The Morgan fingerprint density at radius 1 is 0.938 bits per heavy atom. The molecule has 0 bridgehead atoms. The van der Waals surface area contributed by atoms with E-state index in [1.807, 2.05) is 0 Å². The van der Waals surface area contributed by atoms with E-state index in [1.54, 1.807) is 5.57 Å². The highest BCUT2D eigenvalue weighted by atomic mass is 32.2. The van der Waals surface area contributed by atoms with Crippen molar-refractivity contribution < 1.29 is 12.8 Å². The van der Waals surface area contributed by atoms with Crippen molar-refractivity contribution >= 4 is 9.84 Å². The third-order valence-electron chi connectivity index (χ3n) is 17.1. The van der Waals surface area contributed by atoms with Gasteiger partial charge in [-0.15, -0.1) is 0 Å². The van der Waals surface area contributed by atoms with Crippen LogP contribution in [0.2, 0.25) is 0 Å². The van der Waals surface area contributed by atoms with Crippen LogP contribution >= 0.6 is 0 Å². The van der Waals surface area contributed by atoms with Crippen LogP contribution in [0.25, 0.3) is 0 Å². The molecule has 4 nitrogen and oxygen atoms in total. The van der Waals surface area contributed by atoms with Crippen molar-refractivity contribution in [3.05, 3.63) is 35.5 Å². The van der Waals surface area contributed by atoms with E-state index in [-0.39, 0.29) is 23.5 Å².